The highest BCUT2D eigenvalue weighted by atomic mass is 35.5. The van der Waals surface area contributed by atoms with Crippen LogP contribution in [0.15, 0.2) is 28.2 Å². The first-order valence-electron chi connectivity index (χ1n) is 4.65. The van der Waals surface area contributed by atoms with Gasteiger partial charge in [0.1, 0.15) is 0 Å². The van der Waals surface area contributed by atoms with Crippen LogP contribution in [-0.2, 0) is 0 Å². The number of aromatic amines is 1. The third kappa shape index (κ3) is 1.99. The Balaban J connectivity index is 2.69. The van der Waals surface area contributed by atoms with E-state index in [4.69, 9.17) is 23.2 Å². The highest BCUT2D eigenvalue weighted by Crippen LogP contribution is 2.24. The van der Waals surface area contributed by atoms with Gasteiger partial charge in [0.2, 0.25) is 0 Å². The lowest BCUT2D eigenvalue weighted by Gasteiger charge is -2.04. The minimum Gasteiger partial charge on any atom is -0.293 e. The topological polar surface area (TPSA) is 67.2 Å². The maximum Gasteiger partial charge on any atom is 0.301 e. The fraction of sp³-hybridized carbons (Fsp3) is 0.100. The molecule has 1 aromatic carbocycles. The van der Waals surface area contributed by atoms with Gasteiger partial charge in [-0.1, -0.05) is 23.2 Å². The second kappa shape index (κ2) is 4.35. The van der Waals surface area contributed by atoms with Crippen molar-refractivity contribution in [1.82, 2.24) is 9.78 Å². The molecule has 0 fully saturated rings. The van der Waals surface area contributed by atoms with Crippen LogP contribution in [0.25, 0.3) is 5.69 Å². The number of benzene rings is 1. The van der Waals surface area contributed by atoms with Gasteiger partial charge in [-0.15, -0.1) is 4.91 Å². The Hall–Kier alpha value is -1.59. The second-order valence-corrected chi connectivity index (χ2v) is 4.26. The number of halogens is 2. The lowest BCUT2D eigenvalue weighted by Crippen LogP contribution is -2.14. The minimum absolute atomic E-state index is 0.156. The standard InChI is InChI=1S/C10H7Cl2N3O2/c1-5-9(14-17)10(16)15(13-5)8-3-2-6(11)4-7(8)12/h2-4,13H,1H3. The van der Waals surface area contributed by atoms with E-state index >= 15 is 0 Å². The molecule has 0 aliphatic rings. The van der Waals surface area contributed by atoms with Gasteiger partial charge in [-0.2, -0.15) is 0 Å². The van der Waals surface area contributed by atoms with E-state index in [9.17, 15) is 9.70 Å². The van der Waals surface area contributed by atoms with Crippen molar-refractivity contribution in [2.75, 3.05) is 0 Å². The fourth-order valence-electron chi connectivity index (χ4n) is 1.48. The molecule has 0 spiro atoms. The summed E-state index contributed by atoms with van der Waals surface area (Å²) in [6.07, 6.45) is 0. The molecule has 88 valence electrons. The highest BCUT2D eigenvalue weighted by molar-refractivity contribution is 6.35. The Bertz CT molecular complexity index is 645. The SMILES string of the molecule is Cc1[nH]n(-c2ccc(Cl)cc2Cl)c(=O)c1N=O. The zero-order valence-electron chi connectivity index (χ0n) is 8.70. The first kappa shape index (κ1) is 11.9. The molecule has 1 aromatic heterocycles. The van der Waals surface area contributed by atoms with E-state index in [-0.39, 0.29) is 5.69 Å². The average molecular weight is 272 g/mol. The summed E-state index contributed by atoms with van der Waals surface area (Å²) >= 11 is 11.7. The average Bonchev–Trinajstić information content (AvgIpc) is 2.54. The fourth-order valence-corrected chi connectivity index (χ4v) is 1.97. The molecular weight excluding hydrogens is 265 g/mol. The Morgan fingerprint density at radius 2 is 2.06 bits per heavy atom. The van der Waals surface area contributed by atoms with Gasteiger partial charge in [0.25, 0.3) is 0 Å². The van der Waals surface area contributed by atoms with Crippen molar-refractivity contribution in [2.24, 2.45) is 5.18 Å². The molecule has 0 saturated heterocycles. The monoisotopic (exact) mass is 271 g/mol. The number of H-pyrrole nitrogens is 1. The van der Waals surface area contributed by atoms with Crippen LogP contribution < -0.4 is 5.56 Å². The molecule has 0 atom stereocenters. The van der Waals surface area contributed by atoms with Crippen LogP contribution >= 0.6 is 23.2 Å². The molecule has 0 amide bonds. The molecule has 1 heterocycles. The minimum atomic E-state index is -0.540. The molecule has 7 heteroatoms. The number of hydrogen-bond donors (Lipinski definition) is 1. The van der Waals surface area contributed by atoms with Crippen LogP contribution in [0.2, 0.25) is 10.0 Å². The molecule has 0 aliphatic heterocycles. The zero-order valence-corrected chi connectivity index (χ0v) is 10.2. The van der Waals surface area contributed by atoms with Gasteiger partial charge in [-0.25, -0.2) is 4.68 Å². The van der Waals surface area contributed by atoms with Crippen LogP contribution in [0.4, 0.5) is 5.69 Å². The molecule has 1 N–H and O–H groups in total. The van der Waals surface area contributed by atoms with Gasteiger partial charge in [-0.3, -0.25) is 9.89 Å². The number of hydrogen-bond acceptors (Lipinski definition) is 3. The number of aryl methyl sites for hydroxylation is 1. The van der Waals surface area contributed by atoms with Crippen molar-refractivity contribution >= 4 is 28.9 Å². The Kier molecular flexibility index (Phi) is 3.04. The molecule has 5 nitrogen and oxygen atoms in total. The molecule has 2 rings (SSSR count). The van der Waals surface area contributed by atoms with Crippen molar-refractivity contribution < 1.29 is 0 Å². The molecule has 0 bridgehead atoms. The molecule has 0 aliphatic carbocycles. The van der Waals surface area contributed by atoms with Gasteiger partial charge in [0, 0.05) is 5.02 Å². The lowest BCUT2D eigenvalue weighted by atomic mass is 10.3. The quantitative estimate of drug-likeness (QED) is 0.853. The summed E-state index contributed by atoms with van der Waals surface area (Å²) in [6.45, 7) is 1.58. The summed E-state index contributed by atoms with van der Waals surface area (Å²) in [5.41, 5.74) is 0.104. The number of nitroso groups, excluding NO2 is 1. The van der Waals surface area contributed by atoms with Crippen molar-refractivity contribution in [1.29, 1.82) is 0 Å². The number of rotatable bonds is 2. The molecule has 0 unspecified atom stereocenters. The Morgan fingerprint density at radius 3 is 2.59 bits per heavy atom. The van der Waals surface area contributed by atoms with Gasteiger partial charge in [0.05, 0.1) is 16.4 Å². The van der Waals surface area contributed by atoms with E-state index in [1.807, 2.05) is 0 Å². The van der Waals surface area contributed by atoms with Crippen LogP contribution in [0.5, 0.6) is 0 Å². The lowest BCUT2D eigenvalue weighted by molar-refractivity contribution is 0.835. The van der Waals surface area contributed by atoms with Crippen LogP contribution in [0.1, 0.15) is 5.69 Å². The normalized spacial score (nSPS) is 10.5. The summed E-state index contributed by atoms with van der Waals surface area (Å²) in [7, 11) is 0. The first-order valence-corrected chi connectivity index (χ1v) is 5.40. The van der Waals surface area contributed by atoms with Gasteiger partial charge >= 0.3 is 5.56 Å². The van der Waals surface area contributed by atoms with E-state index in [0.29, 0.717) is 21.4 Å². The third-order valence-electron chi connectivity index (χ3n) is 2.28. The number of aromatic nitrogens is 2. The molecule has 2 aromatic rings. The predicted octanol–water partition coefficient (Wildman–Crippen LogP) is 3.18. The van der Waals surface area contributed by atoms with Crippen LogP contribution in [0, 0.1) is 11.8 Å². The highest BCUT2D eigenvalue weighted by Gasteiger charge is 2.14. The summed E-state index contributed by atoms with van der Waals surface area (Å²) in [5, 5.41) is 6.17. The van der Waals surface area contributed by atoms with E-state index in [1.54, 1.807) is 19.1 Å². The Labute approximate surface area is 106 Å². The largest absolute Gasteiger partial charge is 0.301 e. The Morgan fingerprint density at radius 1 is 1.35 bits per heavy atom. The van der Waals surface area contributed by atoms with Gasteiger partial charge < -0.3 is 0 Å². The van der Waals surface area contributed by atoms with Crippen molar-refractivity contribution in [3.05, 3.63) is 49.2 Å². The van der Waals surface area contributed by atoms with Crippen LogP contribution in [-0.4, -0.2) is 9.78 Å². The third-order valence-corrected chi connectivity index (χ3v) is 2.82. The maximum atomic E-state index is 11.8. The van der Waals surface area contributed by atoms with Crippen molar-refractivity contribution in [3.63, 3.8) is 0 Å². The van der Waals surface area contributed by atoms with E-state index in [0.717, 1.165) is 4.68 Å². The summed E-state index contributed by atoms with van der Waals surface area (Å²) < 4.78 is 1.16. The molecule has 17 heavy (non-hydrogen) atoms. The van der Waals surface area contributed by atoms with Crippen molar-refractivity contribution in [2.45, 2.75) is 6.92 Å². The molecular formula is C10H7Cl2N3O2. The van der Waals surface area contributed by atoms with Gasteiger partial charge in [0.15, 0.2) is 5.69 Å². The smallest absolute Gasteiger partial charge is 0.293 e. The molecule has 0 radical (unpaired) electrons. The molecule has 0 saturated carbocycles. The van der Waals surface area contributed by atoms with Crippen LogP contribution in [0.3, 0.4) is 0 Å². The number of nitrogens with one attached hydrogen (secondary N) is 1. The summed E-state index contributed by atoms with van der Waals surface area (Å²) in [6, 6.07) is 4.69. The predicted molar refractivity (Wildman–Crippen MR) is 66.6 cm³/mol. The second-order valence-electron chi connectivity index (χ2n) is 3.41. The number of nitrogens with zero attached hydrogens (tertiary/aromatic N) is 2. The van der Waals surface area contributed by atoms with Gasteiger partial charge in [-0.05, 0) is 30.3 Å². The maximum absolute atomic E-state index is 11.8. The summed E-state index contributed by atoms with van der Waals surface area (Å²) in [4.78, 5) is 22.3. The van der Waals surface area contributed by atoms with E-state index in [2.05, 4.69) is 10.3 Å². The summed E-state index contributed by atoms with van der Waals surface area (Å²) in [5.74, 6) is 0. The zero-order chi connectivity index (χ0) is 12.6. The first-order chi connectivity index (χ1) is 8.04. The van der Waals surface area contributed by atoms with Crippen molar-refractivity contribution in [3.8, 4) is 5.69 Å². The van der Waals surface area contributed by atoms with E-state index in [1.165, 1.54) is 6.07 Å². The van der Waals surface area contributed by atoms with E-state index < -0.39 is 5.56 Å².